The lowest BCUT2D eigenvalue weighted by Crippen LogP contribution is -2.21. The molecule has 1 aliphatic heterocycles. The van der Waals surface area contributed by atoms with Crippen LogP contribution < -0.4 is 0 Å². The molecular formula is C19H26N4OS. The Morgan fingerprint density at radius 1 is 1.16 bits per heavy atom. The number of nitrogens with zero attached hydrogens (tertiary/aromatic N) is 4. The zero-order valence-electron chi connectivity index (χ0n) is 15.3. The van der Waals surface area contributed by atoms with Crippen molar-refractivity contribution >= 4 is 28.6 Å². The Morgan fingerprint density at radius 2 is 1.92 bits per heavy atom. The lowest BCUT2D eigenvalue weighted by molar-refractivity contribution is 0.0965. The second-order valence-electron chi connectivity index (χ2n) is 7.58. The van der Waals surface area contributed by atoms with Crippen LogP contribution >= 0.6 is 11.8 Å². The van der Waals surface area contributed by atoms with E-state index in [-0.39, 0.29) is 16.4 Å². The Labute approximate surface area is 153 Å². The van der Waals surface area contributed by atoms with Gasteiger partial charge in [0.1, 0.15) is 5.52 Å². The summed E-state index contributed by atoms with van der Waals surface area (Å²) in [4.78, 5) is 20.4. The zero-order valence-corrected chi connectivity index (χ0v) is 16.1. The van der Waals surface area contributed by atoms with Crippen molar-refractivity contribution in [3.63, 3.8) is 0 Å². The quantitative estimate of drug-likeness (QED) is 0.575. The molecule has 1 fully saturated rings. The molecule has 1 aromatic carbocycles. The van der Waals surface area contributed by atoms with E-state index in [2.05, 4.69) is 40.9 Å². The smallest absolute Gasteiger partial charge is 0.218 e. The summed E-state index contributed by atoms with van der Waals surface area (Å²) in [5.41, 5.74) is 1.47. The molecule has 1 saturated heterocycles. The first-order valence-corrected chi connectivity index (χ1v) is 9.81. The van der Waals surface area contributed by atoms with Crippen LogP contribution in [0.1, 0.15) is 57.1 Å². The fourth-order valence-corrected chi connectivity index (χ4v) is 4.05. The van der Waals surface area contributed by atoms with Gasteiger partial charge in [0, 0.05) is 16.1 Å². The summed E-state index contributed by atoms with van der Waals surface area (Å²) in [5, 5.41) is 8.20. The summed E-state index contributed by atoms with van der Waals surface area (Å²) in [6, 6.07) is 5.96. The van der Waals surface area contributed by atoms with E-state index in [1.54, 1.807) is 11.8 Å². The fraction of sp³-hybridized carbons (Fsp3) is 0.579. The first kappa shape index (κ1) is 18.3. The summed E-state index contributed by atoms with van der Waals surface area (Å²) in [5.74, 6) is 0.231. The van der Waals surface area contributed by atoms with Crippen molar-refractivity contribution in [2.45, 2.75) is 56.1 Å². The van der Waals surface area contributed by atoms with Gasteiger partial charge in [-0.25, -0.2) is 4.98 Å². The van der Waals surface area contributed by atoms with E-state index in [9.17, 15) is 4.79 Å². The van der Waals surface area contributed by atoms with E-state index in [0.29, 0.717) is 6.42 Å². The number of likely N-dealkylation sites (tertiary alicyclic amines) is 1. The molecular weight excluding hydrogens is 332 g/mol. The summed E-state index contributed by atoms with van der Waals surface area (Å²) in [6.07, 6.45) is 3.90. The Bertz CT molecular complexity index is 751. The average molecular weight is 359 g/mol. The summed E-state index contributed by atoms with van der Waals surface area (Å²) < 4.78 is 0.127. The number of carbonyl (C=O) groups excluding carboxylic acids is 1. The van der Waals surface area contributed by atoms with Crippen LogP contribution in [0.25, 0.3) is 11.0 Å². The second kappa shape index (κ2) is 7.79. The van der Waals surface area contributed by atoms with Gasteiger partial charge in [-0.1, -0.05) is 20.8 Å². The number of aromatic nitrogens is 3. The maximum Gasteiger partial charge on any atom is 0.218 e. The largest absolute Gasteiger partial charge is 0.303 e. The minimum Gasteiger partial charge on any atom is -0.303 e. The molecule has 0 N–H and O–H groups in total. The Hall–Kier alpha value is -1.53. The number of hydrogen-bond donors (Lipinski definition) is 0. The van der Waals surface area contributed by atoms with Crippen molar-refractivity contribution in [1.29, 1.82) is 0 Å². The number of hydrogen-bond acceptors (Lipinski definition) is 6. The van der Waals surface area contributed by atoms with Gasteiger partial charge in [-0.2, -0.15) is 0 Å². The lowest BCUT2D eigenvalue weighted by atomic mass is 10.2. The standard InChI is InChI=1S/C19H26N4OS/c1-19(2,3)25-14-8-9-15-16(13-14)20-18(22-21-15)17(24)7-6-12-23-10-4-5-11-23/h8-9,13H,4-7,10-12H2,1-3H3. The number of ketones is 1. The van der Waals surface area contributed by atoms with Crippen LogP contribution in [-0.2, 0) is 0 Å². The van der Waals surface area contributed by atoms with Crippen molar-refractivity contribution < 1.29 is 4.79 Å². The molecule has 5 nitrogen and oxygen atoms in total. The topological polar surface area (TPSA) is 59.0 Å². The second-order valence-corrected chi connectivity index (χ2v) is 9.48. The first-order valence-electron chi connectivity index (χ1n) is 9.00. The molecule has 0 unspecified atom stereocenters. The van der Waals surface area contributed by atoms with E-state index in [1.807, 2.05) is 18.2 Å². The predicted molar refractivity (Wildman–Crippen MR) is 102 cm³/mol. The average Bonchev–Trinajstić information content (AvgIpc) is 3.06. The third kappa shape index (κ3) is 5.22. The molecule has 25 heavy (non-hydrogen) atoms. The van der Waals surface area contributed by atoms with Crippen molar-refractivity contribution in [2.75, 3.05) is 19.6 Å². The van der Waals surface area contributed by atoms with E-state index in [0.717, 1.165) is 42.0 Å². The van der Waals surface area contributed by atoms with Crippen LogP contribution in [0.2, 0.25) is 0 Å². The Balaban J connectivity index is 1.67. The molecule has 1 aliphatic rings. The first-order chi connectivity index (χ1) is 11.9. The van der Waals surface area contributed by atoms with Crippen molar-refractivity contribution in [3.8, 4) is 0 Å². The predicted octanol–water partition coefficient (Wildman–Crippen LogP) is 3.97. The Morgan fingerprint density at radius 3 is 2.64 bits per heavy atom. The monoisotopic (exact) mass is 358 g/mol. The molecule has 6 heteroatoms. The highest BCUT2D eigenvalue weighted by atomic mass is 32.2. The van der Waals surface area contributed by atoms with Crippen LogP contribution in [0, 0.1) is 0 Å². The van der Waals surface area contributed by atoms with Gasteiger partial charge >= 0.3 is 0 Å². The number of fused-ring (bicyclic) bond motifs is 1. The maximum absolute atomic E-state index is 12.4. The van der Waals surface area contributed by atoms with Gasteiger partial charge in [0.15, 0.2) is 0 Å². The van der Waals surface area contributed by atoms with Crippen molar-refractivity contribution in [3.05, 3.63) is 24.0 Å². The molecule has 2 aromatic rings. The Kier molecular flexibility index (Phi) is 5.69. The maximum atomic E-state index is 12.4. The highest BCUT2D eigenvalue weighted by Gasteiger charge is 2.16. The van der Waals surface area contributed by atoms with Gasteiger partial charge < -0.3 is 4.90 Å². The van der Waals surface area contributed by atoms with Crippen molar-refractivity contribution in [2.24, 2.45) is 0 Å². The van der Waals surface area contributed by atoms with Gasteiger partial charge in [-0.15, -0.1) is 22.0 Å². The van der Waals surface area contributed by atoms with E-state index in [4.69, 9.17) is 0 Å². The fourth-order valence-electron chi connectivity index (χ4n) is 3.03. The molecule has 2 heterocycles. The highest BCUT2D eigenvalue weighted by Crippen LogP contribution is 2.32. The van der Waals surface area contributed by atoms with Crippen LogP contribution in [0.3, 0.4) is 0 Å². The van der Waals surface area contributed by atoms with Gasteiger partial charge in [-0.3, -0.25) is 4.79 Å². The minimum absolute atomic E-state index is 0.0116. The third-order valence-corrected chi connectivity index (χ3v) is 5.28. The number of Topliss-reactive ketones (excluding diaryl/α,β-unsaturated/α-hetero) is 1. The molecule has 1 aromatic heterocycles. The van der Waals surface area contributed by atoms with E-state index >= 15 is 0 Å². The molecule has 0 bridgehead atoms. The van der Waals surface area contributed by atoms with Gasteiger partial charge in [0.05, 0.1) is 5.52 Å². The molecule has 0 saturated carbocycles. The third-order valence-electron chi connectivity index (χ3n) is 4.18. The normalized spacial score (nSPS) is 15.8. The van der Waals surface area contributed by atoms with Crippen LogP contribution in [0.15, 0.2) is 23.1 Å². The number of benzene rings is 1. The van der Waals surface area contributed by atoms with Crippen LogP contribution in [0.5, 0.6) is 0 Å². The summed E-state index contributed by atoms with van der Waals surface area (Å²) in [6.45, 7) is 9.84. The van der Waals surface area contributed by atoms with Gasteiger partial charge in [-0.05, 0) is 57.1 Å². The number of carbonyl (C=O) groups is 1. The molecule has 3 rings (SSSR count). The van der Waals surface area contributed by atoms with E-state index < -0.39 is 0 Å². The highest BCUT2D eigenvalue weighted by molar-refractivity contribution is 8.00. The molecule has 0 atom stereocenters. The number of thioether (sulfide) groups is 1. The molecule has 0 radical (unpaired) electrons. The minimum atomic E-state index is -0.0116. The zero-order chi connectivity index (χ0) is 17.9. The molecule has 0 spiro atoms. The number of rotatable bonds is 6. The van der Waals surface area contributed by atoms with Gasteiger partial charge in [0.2, 0.25) is 11.6 Å². The summed E-state index contributed by atoms with van der Waals surface area (Å²) in [7, 11) is 0. The van der Waals surface area contributed by atoms with Gasteiger partial charge in [0.25, 0.3) is 0 Å². The lowest BCUT2D eigenvalue weighted by Gasteiger charge is -2.17. The van der Waals surface area contributed by atoms with E-state index in [1.165, 1.54) is 12.8 Å². The van der Waals surface area contributed by atoms with Crippen molar-refractivity contribution in [1.82, 2.24) is 20.1 Å². The SMILES string of the molecule is CC(C)(C)Sc1ccc2nnc(C(=O)CCCN3CCCC3)nc2c1. The van der Waals surface area contributed by atoms with Crippen LogP contribution in [0.4, 0.5) is 0 Å². The molecule has 134 valence electrons. The molecule has 0 aliphatic carbocycles. The summed E-state index contributed by atoms with van der Waals surface area (Å²) >= 11 is 1.78. The van der Waals surface area contributed by atoms with Crippen LogP contribution in [-0.4, -0.2) is 50.2 Å². The molecule has 0 amide bonds.